The van der Waals surface area contributed by atoms with Crippen molar-refractivity contribution in [3.8, 4) is 23.0 Å². The summed E-state index contributed by atoms with van der Waals surface area (Å²) in [5, 5.41) is 0. The molecule has 1 aliphatic heterocycles. The summed E-state index contributed by atoms with van der Waals surface area (Å²) >= 11 is 0. The van der Waals surface area contributed by atoms with Crippen LogP contribution >= 0.6 is 0 Å². The van der Waals surface area contributed by atoms with Crippen LogP contribution in [0, 0.1) is 5.82 Å². The number of ether oxygens (including phenoxy) is 4. The molecule has 0 radical (unpaired) electrons. The van der Waals surface area contributed by atoms with Crippen LogP contribution in [0.1, 0.15) is 34.5 Å². The maximum Gasteiger partial charge on any atom is 0.254 e. The number of methoxy groups -OCH3 is 2. The maximum atomic E-state index is 13.5. The van der Waals surface area contributed by atoms with Crippen molar-refractivity contribution < 1.29 is 28.1 Å². The van der Waals surface area contributed by atoms with Gasteiger partial charge in [0.05, 0.1) is 26.9 Å². The van der Waals surface area contributed by atoms with Crippen LogP contribution in [0.3, 0.4) is 0 Å². The van der Waals surface area contributed by atoms with Crippen molar-refractivity contribution in [2.24, 2.45) is 0 Å². The zero-order valence-electron chi connectivity index (χ0n) is 19.5. The number of benzene rings is 3. The molecule has 0 N–H and O–H groups in total. The highest BCUT2D eigenvalue weighted by Crippen LogP contribution is 2.39. The molecule has 0 fully saturated rings. The van der Waals surface area contributed by atoms with Crippen molar-refractivity contribution >= 4 is 5.91 Å². The number of hydrogen-bond acceptors (Lipinski definition) is 5. The molecule has 0 saturated heterocycles. The molecule has 4 rings (SSSR count). The van der Waals surface area contributed by atoms with Gasteiger partial charge in [-0.3, -0.25) is 4.79 Å². The molecule has 3 aromatic rings. The van der Waals surface area contributed by atoms with Gasteiger partial charge in [-0.05, 0) is 85.1 Å². The van der Waals surface area contributed by atoms with E-state index in [0.717, 1.165) is 16.9 Å². The summed E-state index contributed by atoms with van der Waals surface area (Å²) in [7, 11) is 3.18. The number of fused-ring (bicyclic) bond motifs is 1. The molecule has 1 amide bonds. The monoisotopic (exact) mass is 465 g/mol. The van der Waals surface area contributed by atoms with Crippen LogP contribution in [0.5, 0.6) is 23.0 Å². The summed E-state index contributed by atoms with van der Waals surface area (Å²) in [6.07, 6.45) is 0.672. The van der Waals surface area contributed by atoms with E-state index in [2.05, 4.69) is 0 Å². The van der Waals surface area contributed by atoms with Gasteiger partial charge in [-0.15, -0.1) is 0 Å². The van der Waals surface area contributed by atoms with E-state index >= 15 is 0 Å². The Labute approximate surface area is 198 Å². The molecule has 178 valence electrons. The van der Waals surface area contributed by atoms with Crippen LogP contribution in [0.4, 0.5) is 4.39 Å². The maximum absolute atomic E-state index is 13.5. The van der Waals surface area contributed by atoms with Crippen LogP contribution in [0.2, 0.25) is 0 Å². The van der Waals surface area contributed by atoms with Crippen LogP contribution in [0.15, 0.2) is 60.7 Å². The lowest BCUT2D eigenvalue weighted by atomic mass is 9.91. The first kappa shape index (κ1) is 23.4. The van der Waals surface area contributed by atoms with Crippen LogP contribution in [0.25, 0.3) is 0 Å². The molecule has 0 bridgehead atoms. The molecule has 1 heterocycles. The highest BCUT2D eigenvalue weighted by atomic mass is 19.1. The smallest absolute Gasteiger partial charge is 0.254 e. The number of carbonyl (C=O) groups excluding carboxylic acids is 1. The second-order valence-corrected chi connectivity index (χ2v) is 7.89. The third kappa shape index (κ3) is 4.93. The molecule has 0 aliphatic carbocycles. The molecule has 0 spiro atoms. The summed E-state index contributed by atoms with van der Waals surface area (Å²) < 4.78 is 35.8. The lowest BCUT2D eigenvalue weighted by molar-refractivity contribution is 0.0589. The summed E-state index contributed by atoms with van der Waals surface area (Å²) in [5.41, 5.74) is 2.57. The van der Waals surface area contributed by atoms with Gasteiger partial charge in [0.15, 0.2) is 11.5 Å². The van der Waals surface area contributed by atoms with Gasteiger partial charge in [0.25, 0.3) is 5.91 Å². The Balaban J connectivity index is 1.66. The topological polar surface area (TPSA) is 57.2 Å². The van der Waals surface area contributed by atoms with Gasteiger partial charge in [0.2, 0.25) is 0 Å². The van der Waals surface area contributed by atoms with Crippen molar-refractivity contribution in [1.82, 2.24) is 4.90 Å². The third-order valence-corrected chi connectivity index (χ3v) is 5.90. The average Bonchev–Trinajstić information content (AvgIpc) is 2.87. The SMILES string of the molecule is CCOc1ccc(C(=O)N2CCc3cc(OC)c(OC)cc3[C@@H]2COc2ccc(F)cc2)cc1. The molecule has 3 aromatic carbocycles. The second-order valence-electron chi connectivity index (χ2n) is 7.89. The Kier molecular flexibility index (Phi) is 7.21. The molecule has 6 nitrogen and oxygen atoms in total. The van der Waals surface area contributed by atoms with Crippen LogP contribution < -0.4 is 18.9 Å². The number of halogens is 1. The van der Waals surface area contributed by atoms with Gasteiger partial charge >= 0.3 is 0 Å². The van der Waals surface area contributed by atoms with E-state index in [4.69, 9.17) is 18.9 Å². The van der Waals surface area contributed by atoms with Crippen molar-refractivity contribution in [2.75, 3.05) is 34.0 Å². The lowest BCUT2D eigenvalue weighted by Crippen LogP contribution is -2.42. The predicted octanol–water partition coefficient (Wildman–Crippen LogP) is 5.06. The Morgan fingerprint density at radius 2 is 1.56 bits per heavy atom. The largest absolute Gasteiger partial charge is 0.494 e. The predicted molar refractivity (Wildman–Crippen MR) is 127 cm³/mol. The fourth-order valence-corrected chi connectivity index (χ4v) is 4.18. The molecule has 34 heavy (non-hydrogen) atoms. The van der Waals surface area contributed by atoms with Gasteiger partial charge < -0.3 is 23.8 Å². The third-order valence-electron chi connectivity index (χ3n) is 5.90. The minimum absolute atomic E-state index is 0.101. The molecular formula is C27H28FNO5. The first-order chi connectivity index (χ1) is 16.5. The summed E-state index contributed by atoms with van der Waals surface area (Å²) in [6, 6.07) is 16.5. The van der Waals surface area contributed by atoms with E-state index in [1.54, 1.807) is 50.6 Å². The van der Waals surface area contributed by atoms with Crippen molar-refractivity contribution in [3.05, 3.63) is 83.2 Å². The number of amides is 1. The minimum Gasteiger partial charge on any atom is -0.494 e. The van der Waals surface area contributed by atoms with Crippen molar-refractivity contribution in [1.29, 1.82) is 0 Å². The molecule has 1 aliphatic rings. The second kappa shape index (κ2) is 10.5. The van der Waals surface area contributed by atoms with E-state index in [9.17, 15) is 9.18 Å². The van der Waals surface area contributed by atoms with Crippen molar-refractivity contribution in [2.45, 2.75) is 19.4 Å². The van der Waals surface area contributed by atoms with Crippen LogP contribution in [-0.2, 0) is 6.42 Å². The van der Waals surface area contributed by atoms with Crippen LogP contribution in [-0.4, -0.2) is 44.8 Å². The molecule has 0 saturated carbocycles. The molecular weight excluding hydrogens is 437 g/mol. The lowest BCUT2D eigenvalue weighted by Gasteiger charge is -2.37. The fourth-order valence-electron chi connectivity index (χ4n) is 4.18. The summed E-state index contributed by atoms with van der Waals surface area (Å²) in [6.45, 7) is 3.20. The van der Waals surface area contributed by atoms with E-state index in [1.807, 2.05) is 24.0 Å². The minimum atomic E-state index is -0.368. The quantitative estimate of drug-likeness (QED) is 0.466. The van der Waals surface area contributed by atoms with Gasteiger partial charge in [-0.1, -0.05) is 0 Å². The summed E-state index contributed by atoms with van der Waals surface area (Å²) in [4.78, 5) is 15.4. The highest BCUT2D eigenvalue weighted by molar-refractivity contribution is 5.95. The number of carbonyl (C=O) groups is 1. The molecule has 7 heteroatoms. The van der Waals surface area contributed by atoms with Gasteiger partial charge in [0.1, 0.15) is 23.9 Å². The van der Waals surface area contributed by atoms with Gasteiger partial charge in [-0.25, -0.2) is 4.39 Å². The number of rotatable bonds is 8. The Bertz CT molecular complexity index is 1130. The first-order valence-electron chi connectivity index (χ1n) is 11.2. The number of hydrogen-bond donors (Lipinski definition) is 0. The molecule has 0 unspecified atom stereocenters. The van der Waals surface area contributed by atoms with Gasteiger partial charge in [-0.2, -0.15) is 0 Å². The van der Waals surface area contributed by atoms with E-state index < -0.39 is 0 Å². The normalized spacial score (nSPS) is 14.8. The standard InChI is InChI=1S/C27H28FNO5/c1-4-33-21-9-5-18(6-10-21)27(30)29-14-13-19-15-25(31-2)26(32-3)16-23(19)24(29)17-34-22-11-7-20(28)8-12-22/h5-12,15-16,24H,4,13-14,17H2,1-3H3/t24-/m0/s1. The Hall–Kier alpha value is -3.74. The highest BCUT2D eigenvalue weighted by Gasteiger charge is 2.33. The Morgan fingerprint density at radius 3 is 2.21 bits per heavy atom. The first-order valence-corrected chi connectivity index (χ1v) is 11.2. The summed E-state index contributed by atoms with van der Waals surface area (Å²) in [5.74, 6) is 2.04. The Morgan fingerprint density at radius 1 is 0.941 bits per heavy atom. The average molecular weight is 466 g/mol. The van der Waals surface area contributed by atoms with E-state index in [-0.39, 0.29) is 24.4 Å². The van der Waals surface area contributed by atoms with E-state index in [1.165, 1.54) is 12.1 Å². The zero-order chi connectivity index (χ0) is 24.1. The molecule has 1 atom stereocenters. The molecule has 0 aromatic heterocycles. The fraction of sp³-hybridized carbons (Fsp3) is 0.296. The van der Waals surface area contributed by atoms with Gasteiger partial charge in [0, 0.05) is 12.1 Å². The zero-order valence-corrected chi connectivity index (χ0v) is 19.5. The number of nitrogens with zero attached hydrogens (tertiary/aromatic N) is 1. The van der Waals surface area contributed by atoms with Crippen molar-refractivity contribution in [3.63, 3.8) is 0 Å². The van der Waals surface area contributed by atoms with E-state index in [0.29, 0.717) is 42.4 Å².